The highest BCUT2D eigenvalue weighted by Gasteiger charge is 2.42. The molecule has 184 valence electrons. The molecule has 3 aromatic rings. The normalized spacial score (nSPS) is 15.4. The molecule has 0 saturated carbocycles. The Morgan fingerprint density at radius 1 is 1.03 bits per heavy atom. The van der Waals surface area contributed by atoms with Crippen LogP contribution in [0.5, 0.6) is 11.5 Å². The van der Waals surface area contributed by atoms with E-state index in [-0.39, 0.29) is 6.61 Å². The third kappa shape index (κ3) is 5.48. The van der Waals surface area contributed by atoms with Crippen LogP contribution in [-0.2, 0) is 16.1 Å². The Bertz CT molecular complexity index is 1170. The molecule has 1 saturated heterocycles. The summed E-state index contributed by atoms with van der Waals surface area (Å²) in [6.45, 7) is 4.62. The summed E-state index contributed by atoms with van der Waals surface area (Å²) < 4.78 is 22.2. The molecule has 35 heavy (non-hydrogen) atoms. The molecule has 1 atom stereocenters. The quantitative estimate of drug-likeness (QED) is 0.194. The van der Waals surface area contributed by atoms with Gasteiger partial charge in [0.15, 0.2) is 17.5 Å². The minimum absolute atomic E-state index is 0.186. The zero-order chi connectivity index (χ0) is 24.8. The fourth-order valence-corrected chi connectivity index (χ4v) is 4.06. The number of esters is 1. The van der Waals surface area contributed by atoms with Gasteiger partial charge in [0, 0.05) is 12.1 Å². The molecule has 0 N–H and O–H groups in total. The monoisotopic (exact) mass is 478 g/mol. The SMILES string of the molecule is CCCCCCN1C(=O)OC(=O)C1c1ccc(OCc2nc(-c3ccccc3)oc2C)c(OC)c1. The van der Waals surface area contributed by atoms with Gasteiger partial charge in [-0.1, -0.05) is 50.5 Å². The van der Waals surface area contributed by atoms with E-state index in [0.717, 1.165) is 31.2 Å². The second-order valence-corrected chi connectivity index (χ2v) is 8.43. The van der Waals surface area contributed by atoms with Gasteiger partial charge < -0.3 is 18.6 Å². The van der Waals surface area contributed by atoms with Crippen molar-refractivity contribution in [1.29, 1.82) is 0 Å². The van der Waals surface area contributed by atoms with Gasteiger partial charge >= 0.3 is 12.1 Å². The molecule has 1 amide bonds. The lowest BCUT2D eigenvalue weighted by atomic mass is 10.0. The number of aryl methyl sites for hydroxylation is 1. The Labute approximate surface area is 204 Å². The minimum atomic E-state index is -0.793. The van der Waals surface area contributed by atoms with Crippen molar-refractivity contribution in [1.82, 2.24) is 9.88 Å². The predicted molar refractivity (Wildman–Crippen MR) is 129 cm³/mol. The maximum atomic E-state index is 12.5. The highest BCUT2D eigenvalue weighted by Crippen LogP contribution is 2.36. The maximum absolute atomic E-state index is 12.5. The van der Waals surface area contributed by atoms with Gasteiger partial charge in [-0.3, -0.25) is 4.90 Å². The van der Waals surface area contributed by atoms with E-state index in [1.54, 1.807) is 18.2 Å². The number of oxazole rings is 1. The van der Waals surface area contributed by atoms with Gasteiger partial charge in [-0.05, 0) is 43.2 Å². The fraction of sp³-hybridized carbons (Fsp3) is 0.370. The Balaban J connectivity index is 1.48. The molecule has 4 rings (SSSR count). The van der Waals surface area contributed by atoms with E-state index in [2.05, 4.69) is 11.9 Å². The van der Waals surface area contributed by atoms with Crippen LogP contribution in [0.4, 0.5) is 4.79 Å². The van der Waals surface area contributed by atoms with Gasteiger partial charge in [0.1, 0.15) is 18.1 Å². The zero-order valence-corrected chi connectivity index (χ0v) is 20.3. The van der Waals surface area contributed by atoms with Crippen LogP contribution < -0.4 is 9.47 Å². The lowest BCUT2D eigenvalue weighted by Crippen LogP contribution is -2.29. The number of nitrogens with zero attached hydrogens (tertiary/aromatic N) is 2. The third-order valence-corrected chi connectivity index (χ3v) is 5.99. The predicted octanol–water partition coefficient (Wildman–Crippen LogP) is 5.84. The molecule has 0 bridgehead atoms. The first kappa shape index (κ1) is 24.3. The highest BCUT2D eigenvalue weighted by molar-refractivity contribution is 5.96. The van der Waals surface area contributed by atoms with Crippen molar-refractivity contribution in [3.8, 4) is 23.0 Å². The van der Waals surface area contributed by atoms with Crippen molar-refractivity contribution in [2.75, 3.05) is 13.7 Å². The molecule has 2 aromatic carbocycles. The number of amides is 1. The lowest BCUT2D eigenvalue weighted by molar-refractivity contribution is -0.136. The second-order valence-electron chi connectivity index (χ2n) is 8.43. The Morgan fingerprint density at radius 2 is 1.83 bits per heavy atom. The molecule has 2 heterocycles. The van der Waals surface area contributed by atoms with Gasteiger partial charge in [-0.25, -0.2) is 14.6 Å². The summed E-state index contributed by atoms with van der Waals surface area (Å²) in [6, 6.07) is 14.1. The van der Waals surface area contributed by atoms with Crippen LogP contribution in [0.2, 0.25) is 0 Å². The Kier molecular flexibility index (Phi) is 7.70. The average Bonchev–Trinajstić information content (AvgIpc) is 3.38. The van der Waals surface area contributed by atoms with Crippen LogP contribution >= 0.6 is 0 Å². The topological polar surface area (TPSA) is 91.1 Å². The number of carbonyl (C=O) groups excluding carboxylic acids is 2. The van der Waals surface area contributed by atoms with E-state index in [0.29, 0.717) is 41.0 Å². The minimum Gasteiger partial charge on any atom is -0.493 e. The first-order valence-corrected chi connectivity index (χ1v) is 11.9. The Morgan fingerprint density at radius 3 is 2.57 bits per heavy atom. The van der Waals surface area contributed by atoms with Crippen molar-refractivity contribution in [3.05, 3.63) is 65.5 Å². The van der Waals surface area contributed by atoms with Crippen molar-refractivity contribution < 1.29 is 28.2 Å². The molecule has 8 nitrogen and oxygen atoms in total. The average molecular weight is 479 g/mol. The van der Waals surface area contributed by atoms with Crippen LogP contribution in [0.25, 0.3) is 11.5 Å². The van der Waals surface area contributed by atoms with Crippen molar-refractivity contribution in [2.45, 2.75) is 52.2 Å². The van der Waals surface area contributed by atoms with Gasteiger partial charge in [0.05, 0.1) is 7.11 Å². The van der Waals surface area contributed by atoms with Crippen LogP contribution in [0.15, 0.2) is 52.9 Å². The van der Waals surface area contributed by atoms with Crippen molar-refractivity contribution >= 4 is 12.1 Å². The largest absolute Gasteiger partial charge is 0.493 e. The zero-order valence-electron chi connectivity index (χ0n) is 20.3. The second kappa shape index (κ2) is 11.1. The summed E-state index contributed by atoms with van der Waals surface area (Å²) in [5.74, 6) is 1.57. The number of aromatic nitrogens is 1. The summed E-state index contributed by atoms with van der Waals surface area (Å²) in [7, 11) is 1.53. The molecule has 1 fully saturated rings. The van der Waals surface area contributed by atoms with Gasteiger partial charge in [-0.2, -0.15) is 0 Å². The van der Waals surface area contributed by atoms with E-state index >= 15 is 0 Å². The van der Waals surface area contributed by atoms with Crippen LogP contribution in [0.1, 0.15) is 55.7 Å². The third-order valence-electron chi connectivity index (χ3n) is 5.99. The molecule has 0 radical (unpaired) electrons. The number of methoxy groups -OCH3 is 1. The van der Waals surface area contributed by atoms with E-state index < -0.39 is 18.1 Å². The number of hydrogen-bond donors (Lipinski definition) is 0. The lowest BCUT2D eigenvalue weighted by Gasteiger charge is -2.21. The van der Waals surface area contributed by atoms with Crippen molar-refractivity contribution in [3.63, 3.8) is 0 Å². The van der Waals surface area contributed by atoms with Crippen molar-refractivity contribution in [2.24, 2.45) is 0 Å². The number of carbonyl (C=O) groups is 2. The van der Waals surface area contributed by atoms with Crippen LogP contribution in [-0.4, -0.2) is 35.6 Å². The van der Waals surface area contributed by atoms with Gasteiger partial charge in [0.2, 0.25) is 5.89 Å². The number of unbranched alkanes of at least 4 members (excludes halogenated alkanes) is 3. The summed E-state index contributed by atoms with van der Waals surface area (Å²) >= 11 is 0. The number of cyclic esters (lactones) is 2. The van der Waals surface area contributed by atoms with Gasteiger partial charge in [-0.15, -0.1) is 0 Å². The highest BCUT2D eigenvalue weighted by atomic mass is 16.6. The summed E-state index contributed by atoms with van der Waals surface area (Å²) in [5.41, 5.74) is 2.18. The van der Waals surface area contributed by atoms with Crippen LogP contribution in [0, 0.1) is 6.92 Å². The number of benzene rings is 2. The van der Waals surface area contributed by atoms with E-state index in [1.807, 2.05) is 37.3 Å². The Hall–Kier alpha value is -3.81. The van der Waals surface area contributed by atoms with E-state index in [9.17, 15) is 9.59 Å². The van der Waals surface area contributed by atoms with Gasteiger partial charge in [0.25, 0.3) is 0 Å². The van der Waals surface area contributed by atoms with E-state index in [4.69, 9.17) is 18.6 Å². The maximum Gasteiger partial charge on any atom is 0.418 e. The number of rotatable bonds is 11. The first-order chi connectivity index (χ1) is 17.0. The van der Waals surface area contributed by atoms with Crippen LogP contribution in [0.3, 0.4) is 0 Å². The summed E-state index contributed by atoms with van der Waals surface area (Å²) in [4.78, 5) is 30.8. The molecular weight excluding hydrogens is 448 g/mol. The standard InChI is InChI=1S/C27H30N2O6/c1-4-5-6-10-15-29-24(26(30)35-27(29)31)20-13-14-22(23(16-20)32-3)33-17-21-18(2)34-25(28-21)19-11-8-7-9-12-19/h7-9,11-14,16,24H,4-6,10,15,17H2,1-3H3. The molecule has 1 unspecified atom stereocenters. The summed E-state index contributed by atoms with van der Waals surface area (Å²) in [5, 5.41) is 0. The molecule has 1 aliphatic rings. The molecule has 0 spiro atoms. The first-order valence-electron chi connectivity index (χ1n) is 11.9. The molecule has 8 heteroatoms. The molecule has 1 aromatic heterocycles. The number of hydrogen-bond acceptors (Lipinski definition) is 7. The fourth-order valence-electron chi connectivity index (χ4n) is 4.06. The molecule has 1 aliphatic heterocycles. The molecular formula is C27H30N2O6. The number of ether oxygens (including phenoxy) is 3. The van der Waals surface area contributed by atoms with E-state index in [1.165, 1.54) is 12.0 Å². The smallest absolute Gasteiger partial charge is 0.418 e. The molecule has 0 aliphatic carbocycles. The summed E-state index contributed by atoms with van der Waals surface area (Å²) in [6.07, 6.45) is 3.37.